The van der Waals surface area contributed by atoms with E-state index in [2.05, 4.69) is 0 Å². The number of fused-ring (bicyclic) bond motifs is 2. The maximum atomic E-state index is 14.7. The van der Waals surface area contributed by atoms with Gasteiger partial charge in [-0.2, -0.15) is 0 Å². The van der Waals surface area contributed by atoms with Crippen molar-refractivity contribution >= 4 is 36.0 Å². The van der Waals surface area contributed by atoms with Gasteiger partial charge in [0.15, 0.2) is 17.9 Å². The summed E-state index contributed by atoms with van der Waals surface area (Å²) < 4.78 is 17.1. The smallest absolute Gasteiger partial charge is 0.308 e. The van der Waals surface area contributed by atoms with Gasteiger partial charge < -0.3 is 44.8 Å². The van der Waals surface area contributed by atoms with Crippen LogP contribution in [0.25, 0.3) is 12.2 Å². The number of ether oxygens (including phenoxy) is 3. The first-order valence-electron chi connectivity index (χ1n) is 16.6. The molecule has 0 radical (unpaired) electrons. The number of aliphatic hydroxyl groups is 5. The van der Waals surface area contributed by atoms with Gasteiger partial charge in [-0.05, 0) is 47.4 Å². The zero-order valence-electron chi connectivity index (χ0n) is 28.6. The van der Waals surface area contributed by atoms with E-state index in [9.17, 15) is 49.8 Å². The van der Waals surface area contributed by atoms with Gasteiger partial charge in [0.1, 0.15) is 35.6 Å². The van der Waals surface area contributed by atoms with Crippen molar-refractivity contribution in [2.24, 2.45) is 0 Å². The number of hydrogen-bond donors (Lipinski definition) is 6. The minimum atomic E-state index is -1.80. The van der Waals surface area contributed by atoms with Crippen molar-refractivity contribution in [3.05, 3.63) is 122 Å². The molecule has 274 valence electrons. The Morgan fingerprint density at radius 2 is 1.49 bits per heavy atom. The van der Waals surface area contributed by atoms with Crippen LogP contribution in [0.2, 0.25) is 0 Å². The second kappa shape index (κ2) is 15.2. The summed E-state index contributed by atoms with van der Waals surface area (Å²) in [5, 5.41) is 63.8. The van der Waals surface area contributed by atoms with E-state index in [1.165, 1.54) is 25.1 Å². The van der Waals surface area contributed by atoms with Crippen molar-refractivity contribution in [2.75, 3.05) is 0 Å². The van der Waals surface area contributed by atoms with Gasteiger partial charge in [-0.15, -0.1) is 0 Å². The SMILES string of the molecule is CC(=O)Oc1cc(CO)c2c(c1/C=C/c1ccccc1)C(=O)c1cc(O[C@H]3O[C@@H](C)[C@@H](O)[C@@H](O)[C@H]3O)c(Cc3cccc(CO)c3C=O)c(O)c1C2=O. The van der Waals surface area contributed by atoms with Crippen LogP contribution < -0.4 is 9.47 Å². The fourth-order valence-corrected chi connectivity index (χ4v) is 6.66. The highest BCUT2D eigenvalue weighted by atomic mass is 16.7. The van der Waals surface area contributed by atoms with Crippen molar-refractivity contribution in [1.82, 2.24) is 0 Å². The average molecular weight is 725 g/mol. The highest BCUT2D eigenvalue weighted by Gasteiger charge is 2.44. The van der Waals surface area contributed by atoms with Gasteiger partial charge in [0.05, 0.1) is 24.9 Å². The van der Waals surface area contributed by atoms with Crippen LogP contribution in [0.15, 0.2) is 60.7 Å². The average Bonchev–Trinajstić information content (AvgIpc) is 3.15. The molecule has 1 aliphatic heterocycles. The van der Waals surface area contributed by atoms with Crippen molar-refractivity contribution in [1.29, 1.82) is 0 Å². The Morgan fingerprint density at radius 3 is 2.15 bits per heavy atom. The molecule has 1 fully saturated rings. The molecule has 5 atom stereocenters. The van der Waals surface area contributed by atoms with Crippen molar-refractivity contribution in [3.63, 3.8) is 0 Å². The molecule has 0 amide bonds. The second-order valence-electron chi connectivity index (χ2n) is 12.7. The van der Waals surface area contributed by atoms with Crippen LogP contribution in [0, 0.1) is 0 Å². The van der Waals surface area contributed by atoms with Crippen LogP contribution in [0.4, 0.5) is 0 Å². The van der Waals surface area contributed by atoms with Gasteiger partial charge in [-0.25, -0.2) is 0 Å². The standard InChI is InChI=1S/C40H36O13/c1-19-34(45)38(49)39(50)40(51-19)53-30-15-27-33(35(46)26(30)13-22-9-6-10-23(16-41)28(22)18-43)37(48)31-24(17-42)14-29(52-20(2)44)25(32(31)36(27)47)12-11-21-7-4-3-5-8-21/h3-12,14-15,18-19,34,38-42,45-46,49-50H,13,16-17H2,1-2H3/b12-11+/t19-,34+,38+,39+,40+/m0/s1. The number of esters is 1. The first kappa shape index (κ1) is 37.2. The highest BCUT2D eigenvalue weighted by molar-refractivity contribution is 6.31. The lowest BCUT2D eigenvalue weighted by Crippen LogP contribution is -2.58. The molecule has 0 bridgehead atoms. The fraction of sp³-hybridized carbons (Fsp3) is 0.250. The number of phenols is 1. The minimum Gasteiger partial charge on any atom is -0.507 e. The normalized spacial score (nSPS) is 20.9. The number of aliphatic hydroxyl groups excluding tert-OH is 5. The largest absolute Gasteiger partial charge is 0.507 e. The summed E-state index contributed by atoms with van der Waals surface area (Å²) in [5.41, 5.74) is -0.0173. The molecule has 1 saturated heterocycles. The molecule has 0 aromatic heterocycles. The minimum absolute atomic E-state index is 0.0414. The van der Waals surface area contributed by atoms with E-state index in [0.717, 1.165) is 13.0 Å². The Kier molecular flexibility index (Phi) is 10.7. The number of aromatic hydroxyl groups is 1. The summed E-state index contributed by atoms with van der Waals surface area (Å²) in [6.07, 6.45) is -4.29. The number of benzene rings is 4. The lowest BCUT2D eigenvalue weighted by molar-refractivity contribution is -0.268. The Balaban J connectivity index is 1.59. The molecule has 1 aliphatic carbocycles. The first-order valence-corrected chi connectivity index (χ1v) is 16.6. The maximum Gasteiger partial charge on any atom is 0.308 e. The van der Waals surface area contributed by atoms with Gasteiger partial charge in [0, 0.05) is 46.7 Å². The number of phenolic OH excluding ortho intramolecular Hbond substituents is 1. The molecule has 4 aromatic carbocycles. The summed E-state index contributed by atoms with van der Waals surface area (Å²) in [6, 6.07) is 16.0. The van der Waals surface area contributed by atoms with Crippen molar-refractivity contribution < 1.29 is 64.0 Å². The Bertz CT molecular complexity index is 2140. The van der Waals surface area contributed by atoms with Crippen molar-refractivity contribution in [3.8, 4) is 17.2 Å². The molecule has 6 rings (SSSR count). The summed E-state index contributed by atoms with van der Waals surface area (Å²) in [5.74, 6) is -3.52. The Morgan fingerprint density at radius 1 is 0.792 bits per heavy atom. The molecular formula is C40H36O13. The summed E-state index contributed by atoms with van der Waals surface area (Å²) in [7, 11) is 0. The van der Waals surface area contributed by atoms with Gasteiger partial charge in [-0.1, -0.05) is 54.6 Å². The summed E-state index contributed by atoms with van der Waals surface area (Å²) in [6.45, 7) is 1.36. The van der Waals surface area contributed by atoms with Gasteiger partial charge in [0.25, 0.3) is 0 Å². The van der Waals surface area contributed by atoms with Crippen LogP contribution >= 0.6 is 0 Å². The van der Waals surface area contributed by atoms with Crippen LogP contribution in [0.3, 0.4) is 0 Å². The molecule has 2 aliphatic rings. The third-order valence-corrected chi connectivity index (χ3v) is 9.36. The highest BCUT2D eigenvalue weighted by Crippen LogP contribution is 2.45. The third-order valence-electron chi connectivity index (χ3n) is 9.36. The fourth-order valence-electron chi connectivity index (χ4n) is 6.66. The molecule has 13 nitrogen and oxygen atoms in total. The molecule has 0 unspecified atom stereocenters. The Labute approximate surface area is 302 Å². The Hall–Kier alpha value is -5.54. The molecule has 53 heavy (non-hydrogen) atoms. The monoisotopic (exact) mass is 724 g/mol. The van der Waals surface area contributed by atoms with Gasteiger partial charge >= 0.3 is 5.97 Å². The number of rotatable bonds is 10. The van der Waals surface area contributed by atoms with E-state index in [0.29, 0.717) is 17.4 Å². The number of aldehydes is 1. The molecule has 0 spiro atoms. The van der Waals surface area contributed by atoms with E-state index in [-0.39, 0.29) is 62.4 Å². The topological polar surface area (TPSA) is 217 Å². The molecular weight excluding hydrogens is 688 g/mol. The molecule has 1 heterocycles. The van der Waals surface area contributed by atoms with E-state index >= 15 is 0 Å². The number of hydrogen-bond acceptors (Lipinski definition) is 13. The lowest BCUT2D eigenvalue weighted by Gasteiger charge is -2.39. The van der Waals surface area contributed by atoms with E-state index < -0.39 is 72.8 Å². The van der Waals surface area contributed by atoms with E-state index in [4.69, 9.17) is 14.2 Å². The molecule has 0 saturated carbocycles. The molecule has 6 N–H and O–H groups in total. The van der Waals surface area contributed by atoms with Crippen LogP contribution in [0.1, 0.15) is 89.4 Å². The van der Waals surface area contributed by atoms with Crippen molar-refractivity contribution in [2.45, 2.75) is 64.2 Å². The maximum absolute atomic E-state index is 14.7. The lowest BCUT2D eigenvalue weighted by atomic mass is 9.77. The van der Waals surface area contributed by atoms with Crippen LogP contribution in [-0.2, 0) is 29.2 Å². The predicted octanol–water partition coefficient (Wildman–Crippen LogP) is 2.86. The van der Waals surface area contributed by atoms with Gasteiger partial charge in [-0.3, -0.25) is 19.2 Å². The second-order valence-corrected chi connectivity index (χ2v) is 12.7. The van der Waals surface area contributed by atoms with Crippen LogP contribution in [-0.4, -0.2) is 85.2 Å². The molecule has 4 aromatic rings. The van der Waals surface area contributed by atoms with Gasteiger partial charge in [0.2, 0.25) is 6.29 Å². The number of ketones is 2. The summed E-state index contributed by atoms with van der Waals surface area (Å²) >= 11 is 0. The third kappa shape index (κ3) is 6.89. The molecule has 13 heteroatoms. The first-order chi connectivity index (χ1) is 25.4. The quantitative estimate of drug-likeness (QED) is 0.0529. The van der Waals surface area contributed by atoms with E-state index in [1.54, 1.807) is 42.5 Å². The number of carbonyl (C=O) groups excluding carboxylic acids is 4. The zero-order valence-corrected chi connectivity index (χ0v) is 28.6. The van der Waals surface area contributed by atoms with Crippen LogP contribution in [0.5, 0.6) is 17.2 Å². The predicted molar refractivity (Wildman–Crippen MR) is 188 cm³/mol. The van der Waals surface area contributed by atoms with E-state index in [1.807, 2.05) is 6.07 Å². The summed E-state index contributed by atoms with van der Waals surface area (Å²) in [4.78, 5) is 53.5. The zero-order chi connectivity index (χ0) is 38.1. The number of carbonyl (C=O) groups is 4.